The molecule has 4 aliphatic rings. The van der Waals surface area contributed by atoms with Crippen LogP contribution in [0.3, 0.4) is 0 Å². The predicted octanol–water partition coefficient (Wildman–Crippen LogP) is 31.2. The van der Waals surface area contributed by atoms with Gasteiger partial charge in [-0.3, -0.25) is 24.7 Å². The number of pyridine rings is 3. The van der Waals surface area contributed by atoms with Crippen molar-refractivity contribution in [2.45, 2.75) is 191 Å². The molecule has 4 fully saturated rings. The fourth-order valence-electron chi connectivity index (χ4n) is 16.0. The van der Waals surface area contributed by atoms with Crippen LogP contribution in [0.4, 0.5) is 16.2 Å². The molecule has 4 aromatic heterocycles. The minimum atomic E-state index is -3.26. The number of para-hydroxylation sites is 1. The zero-order chi connectivity index (χ0) is 87.0. The van der Waals surface area contributed by atoms with Gasteiger partial charge in [-0.2, -0.15) is 5.70 Å². The Morgan fingerprint density at radius 1 is 0.407 bits per heavy atom. The number of carbonyl (C=O) groups is 2. The van der Waals surface area contributed by atoms with E-state index in [1.54, 1.807) is 30.9 Å². The summed E-state index contributed by atoms with van der Waals surface area (Å²) in [6.07, 6.45) is 7.97. The van der Waals surface area contributed by atoms with Crippen molar-refractivity contribution in [1.29, 1.82) is 0 Å². The molecule has 4 aromatic carbocycles. The molecule has 0 spiro atoms. The number of fused-ring (bicyclic) bond motifs is 2. The molecule has 0 bridgehead atoms. The molecular formula is C95H143Cl4Ir4N9O4S2. The van der Waals surface area contributed by atoms with Crippen LogP contribution in [0.1, 0.15) is 208 Å². The van der Waals surface area contributed by atoms with E-state index in [4.69, 9.17) is 4.98 Å². The fraction of sp³-hybridized carbons (Fsp3) is 0.516. The molecule has 668 valence electrons. The standard InChI is InChI=1S/C22H17N2.C14H15N3O.4C10H20.C9H12N2O.C6H9N2O2S2.4CH3.4ClH.4Ir/c1-15(2)24-20-12-11-16-7-3-5-9-18(16)21(20)22-19-10-6-4-8-17(19)13-14-23-22;1-11(13-9-5-6-10-15-13)16-14(18)17-12-7-3-2-4-8-12;4*1-6-7(2)9(4)10(5)8(6)3;1-7(11-8(2)12)9-5-3-4-6-10-9;1-5(8-12(2,9)10)6-7-3-4-11-6;;;;;;;;;;;;/h3-14H,1H2,2H3;2-11H,1H3,(H2,16,17,18);4*6-10H,1-5H3;3-7H,1-2H3,(H,11,12);3-5H,1-2H3;4*1H3;4*1H;;;;/q-1;;;;;;;5*-1;;;;;4*+3/p-6. The number of aromatic nitrogens is 4. The summed E-state index contributed by atoms with van der Waals surface area (Å²) in [5.74, 6) is 18.5. The van der Waals surface area contributed by atoms with E-state index in [9.17, 15) is 18.0 Å². The Morgan fingerprint density at radius 3 is 1.06 bits per heavy atom. The van der Waals surface area contributed by atoms with Gasteiger partial charge in [-0.15, -0.1) is 23.6 Å². The molecule has 3 atom stereocenters. The summed E-state index contributed by atoms with van der Waals surface area (Å²) in [6, 6.07) is 42.2. The quantitative estimate of drug-likeness (QED) is 0.124. The average molecular weight is 2450 g/mol. The third-order valence-electron chi connectivity index (χ3n) is 25.8. The maximum absolute atomic E-state index is 11.7. The van der Waals surface area contributed by atoms with E-state index < -0.39 is 10.0 Å². The van der Waals surface area contributed by atoms with E-state index in [1.165, 1.54) is 101 Å². The van der Waals surface area contributed by atoms with Gasteiger partial charge in [0.1, 0.15) is 0 Å². The summed E-state index contributed by atoms with van der Waals surface area (Å²) in [5, 5.41) is 22.4. The number of carbonyl (C=O) groups excluding carboxylic acids is 2. The van der Waals surface area contributed by atoms with Gasteiger partial charge < -0.3 is 60.5 Å². The molecular weight excluding hydrogens is 2310 g/mol. The number of benzene rings is 4. The van der Waals surface area contributed by atoms with Crippen molar-refractivity contribution in [3.63, 3.8) is 0 Å². The van der Waals surface area contributed by atoms with Crippen molar-refractivity contribution in [1.82, 2.24) is 19.9 Å². The number of nitrogens with zero attached hydrogens (tertiary/aromatic N) is 8. The van der Waals surface area contributed by atoms with Crippen molar-refractivity contribution < 1.29 is 89.6 Å². The van der Waals surface area contributed by atoms with Gasteiger partial charge >= 0.3 is 110 Å². The van der Waals surface area contributed by atoms with Gasteiger partial charge in [-0.25, -0.2) is 8.42 Å². The SMILES string of the molecule is C=C(C)[N-]c1ccc2ccccc2c1-c1nccc2ccccc12.CC(=O)[N-]C(C)c1ccccn1.CC([N-]C(=O)Nc1ccccc1)c1ccccn1.CC([N-]S(C)(=O)=O)c1nccs1.CC1C(C)C(C)C(C)C1C.CC1C(C)C(C)C(C)C1C.CC1C(C)C(C)C(C)C1C.CC1C(C)C(C)C(C)C1C.[CH3-].[CH3-].[CH3-].[CH3-].[Cl][Ir+2].[Cl][Ir+2].[Cl][Ir+2].[Cl][Ir+2]. The first-order valence-corrected chi connectivity index (χ1v) is 54.1. The average Bonchev–Trinajstić information content (AvgIpc) is 1.45. The monoisotopic (exact) mass is 2450 g/mol. The van der Waals surface area contributed by atoms with Crippen molar-refractivity contribution >= 4 is 105 Å². The summed E-state index contributed by atoms with van der Waals surface area (Å²) >= 11 is 7.29. The van der Waals surface area contributed by atoms with Gasteiger partial charge in [0.05, 0.1) is 20.7 Å². The maximum atomic E-state index is 11.7. The number of sulfonamides is 1. The zero-order valence-corrected chi connectivity index (χ0v) is 90.2. The molecule has 12 rings (SSSR count). The number of amides is 3. The van der Waals surface area contributed by atoms with Gasteiger partial charge in [0.2, 0.25) is 0 Å². The van der Waals surface area contributed by atoms with Gasteiger partial charge in [-0.05, 0) is 183 Å². The number of urea groups is 1. The first kappa shape index (κ1) is 121. The Balaban J connectivity index is -0.000000632. The minimum absolute atomic E-state index is 0. The Kier molecular flexibility index (Phi) is 64.8. The second-order valence-corrected chi connectivity index (χ2v) is 34.5. The summed E-state index contributed by atoms with van der Waals surface area (Å²) in [7, 11) is 15.3. The van der Waals surface area contributed by atoms with Crippen LogP contribution in [0.25, 0.3) is 53.5 Å². The number of halogens is 4. The van der Waals surface area contributed by atoms with E-state index in [-0.39, 0.29) is 59.8 Å². The first-order valence-electron chi connectivity index (χ1n) is 39.5. The molecule has 23 heteroatoms. The topological polar surface area (TPSA) is 188 Å². The number of hydrogen-bond acceptors (Lipinski definition) is 9. The van der Waals surface area contributed by atoms with Crippen LogP contribution in [0, 0.1) is 148 Å². The van der Waals surface area contributed by atoms with Crippen LogP contribution in [0.2, 0.25) is 0 Å². The van der Waals surface area contributed by atoms with E-state index in [1.807, 2.05) is 112 Å². The van der Waals surface area contributed by atoms with Crippen molar-refractivity contribution in [3.05, 3.63) is 243 Å². The molecule has 0 radical (unpaired) electrons. The number of allylic oxidation sites excluding steroid dienone is 1. The number of rotatable bonds is 11. The molecule has 3 amide bonds. The Labute approximate surface area is 781 Å². The molecule has 3 unspecified atom stereocenters. The molecule has 4 aliphatic carbocycles. The van der Waals surface area contributed by atoms with Crippen molar-refractivity contribution in [3.8, 4) is 11.3 Å². The molecule has 1 N–H and O–H groups in total. The van der Waals surface area contributed by atoms with Crippen LogP contribution < -0.4 is 5.32 Å². The summed E-state index contributed by atoms with van der Waals surface area (Å²) in [6.45, 7) is 60.7. The summed E-state index contributed by atoms with van der Waals surface area (Å²) < 4.78 is 25.1. The third-order valence-corrected chi connectivity index (χ3v) is 27.5. The van der Waals surface area contributed by atoms with Crippen LogP contribution in [0.5, 0.6) is 0 Å². The number of nitrogens with one attached hydrogen (secondary N) is 1. The second-order valence-electron chi connectivity index (χ2n) is 31.9. The predicted molar refractivity (Wildman–Crippen MR) is 502 cm³/mol. The van der Waals surface area contributed by atoms with Gasteiger partial charge in [0, 0.05) is 65.1 Å². The molecule has 0 saturated heterocycles. The van der Waals surface area contributed by atoms with Gasteiger partial charge in [0.25, 0.3) is 0 Å². The summed E-state index contributed by atoms with van der Waals surface area (Å²) in [4.78, 5) is 39.2. The first-order chi connectivity index (χ1) is 53.9. The second kappa shape index (κ2) is 63.4. The van der Waals surface area contributed by atoms with Crippen molar-refractivity contribution in [2.24, 2.45) is 118 Å². The third kappa shape index (κ3) is 38.9. The van der Waals surface area contributed by atoms with E-state index in [0.29, 0.717) is 0 Å². The Bertz CT molecular complexity index is 3780. The fourth-order valence-corrected chi connectivity index (χ4v) is 17.4. The molecule has 118 heavy (non-hydrogen) atoms. The number of hydrogen-bond donors (Lipinski definition) is 1. The van der Waals surface area contributed by atoms with Gasteiger partial charge in [-0.1, -0.05) is 281 Å². The summed E-state index contributed by atoms with van der Waals surface area (Å²) in [5.41, 5.74) is 6.06. The molecule has 4 heterocycles. The molecule has 0 aliphatic heterocycles. The Morgan fingerprint density at radius 2 is 0.737 bits per heavy atom. The van der Waals surface area contributed by atoms with E-state index >= 15 is 0 Å². The van der Waals surface area contributed by atoms with E-state index in [0.717, 1.165) is 180 Å². The van der Waals surface area contributed by atoms with E-state index in [2.05, 4.69) is 273 Å². The number of thiazole rings is 1. The zero-order valence-electron chi connectivity index (χ0n) is 75.9. The van der Waals surface area contributed by atoms with Gasteiger partial charge in [0.15, 0.2) is 6.03 Å². The van der Waals surface area contributed by atoms with Crippen LogP contribution in [-0.2, 0) is 86.4 Å². The van der Waals surface area contributed by atoms with Crippen LogP contribution in [0.15, 0.2) is 176 Å². The van der Waals surface area contributed by atoms with Crippen molar-refractivity contribution in [2.75, 3.05) is 11.6 Å². The van der Waals surface area contributed by atoms with Crippen LogP contribution >= 0.6 is 49.7 Å². The number of anilines is 1. The Hall–Kier alpha value is -3.57. The van der Waals surface area contributed by atoms with Crippen LogP contribution in [-0.4, -0.2) is 46.5 Å². The molecule has 4 saturated carbocycles. The normalized spacial score (nSPS) is 25.7. The molecule has 13 nitrogen and oxygen atoms in total. The molecule has 8 aromatic rings.